The number of Topliss-reactive ketones (excluding diaryl/α,β-unsaturated/α-hetero) is 1. The van der Waals surface area contributed by atoms with Crippen molar-refractivity contribution in [1.82, 2.24) is 0 Å². The molecule has 0 saturated heterocycles. The molecule has 0 bridgehead atoms. The lowest BCUT2D eigenvalue weighted by atomic mass is 10.0. The highest BCUT2D eigenvalue weighted by atomic mass is 16.1. The van der Waals surface area contributed by atoms with Crippen LogP contribution in [0.2, 0.25) is 0 Å². The molecule has 0 amide bonds. The molecule has 1 rings (SSSR count). The van der Waals surface area contributed by atoms with E-state index in [1.54, 1.807) is 0 Å². The van der Waals surface area contributed by atoms with Gasteiger partial charge in [-0.25, -0.2) is 0 Å². The summed E-state index contributed by atoms with van der Waals surface area (Å²) < 4.78 is 7.55. The van der Waals surface area contributed by atoms with Gasteiger partial charge in [-0.15, -0.1) is 0 Å². The first-order valence-electron chi connectivity index (χ1n) is 4.36. The quantitative estimate of drug-likeness (QED) is 0.728. The van der Waals surface area contributed by atoms with Crippen molar-refractivity contribution < 1.29 is 6.17 Å². The molecular weight excluding hydrogens is 150 g/mol. The number of hydrogen-bond donors (Lipinski definition) is 1. The molecule has 1 aromatic carbocycles. The number of benzene rings is 1. The van der Waals surface area contributed by atoms with Gasteiger partial charge >= 0.3 is 0 Å². The van der Waals surface area contributed by atoms with Crippen molar-refractivity contribution in [2.45, 2.75) is 19.4 Å². The van der Waals surface area contributed by atoms with E-state index in [1.165, 1.54) is 6.92 Å². The van der Waals surface area contributed by atoms with Crippen molar-refractivity contribution in [3.63, 3.8) is 0 Å². The first-order valence-corrected chi connectivity index (χ1v) is 3.86. The lowest BCUT2D eigenvalue weighted by molar-refractivity contribution is -0.118. The van der Waals surface area contributed by atoms with E-state index in [-0.39, 0.29) is 12.2 Å². The summed E-state index contributed by atoms with van der Waals surface area (Å²) in [6.45, 7) is 1.34. The molecule has 0 spiro atoms. The number of hydrogen-bond acceptors (Lipinski definition) is 2. The van der Waals surface area contributed by atoms with Crippen LogP contribution in [-0.2, 0) is 11.2 Å². The van der Waals surface area contributed by atoms with Crippen LogP contribution >= 0.6 is 0 Å². The maximum absolute atomic E-state index is 11.0. The van der Waals surface area contributed by atoms with Crippen molar-refractivity contribution in [1.29, 1.82) is 0 Å². The number of ketones is 1. The first kappa shape index (κ1) is 7.50. The minimum atomic E-state index is -1.48. The summed E-state index contributed by atoms with van der Waals surface area (Å²) >= 11 is 0. The largest absolute Gasteiger partial charge is 0.321 e. The number of rotatable bonds is 3. The third kappa shape index (κ3) is 2.47. The van der Waals surface area contributed by atoms with Crippen molar-refractivity contribution in [3.05, 3.63) is 35.9 Å². The standard InChI is InChI=1S/C10H13NO/c1-8(12)10(11)7-9-5-3-2-4-6-9/h2-6,10H,7,11H2,1H3/t10-/m0/s1/i10D. The Morgan fingerprint density at radius 3 is 2.67 bits per heavy atom. The molecule has 0 heterocycles. The van der Waals surface area contributed by atoms with Crippen molar-refractivity contribution >= 4 is 5.78 Å². The van der Waals surface area contributed by atoms with Crippen LogP contribution in [0.25, 0.3) is 0 Å². The molecule has 0 aliphatic heterocycles. The zero-order valence-electron chi connectivity index (χ0n) is 8.08. The fraction of sp³-hybridized carbons (Fsp3) is 0.300. The SMILES string of the molecule is [2H][C@](N)(Cc1ccccc1)C(C)=O. The third-order valence-corrected chi connectivity index (χ3v) is 1.69. The predicted octanol–water partition coefficient (Wildman–Crippen LogP) is 1.15. The van der Waals surface area contributed by atoms with E-state index in [2.05, 4.69) is 0 Å². The summed E-state index contributed by atoms with van der Waals surface area (Å²) in [6.07, 6.45) is 0.267. The Morgan fingerprint density at radius 1 is 1.58 bits per heavy atom. The minimum absolute atomic E-state index is 0.267. The van der Waals surface area contributed by atoms with Crippen molar-refractivity contribution in [3.8, 4) is 0 Å². The summed E-state index contributed by atoms with van der Waals surface area (Å²) in [5.74, 6) is -0.309. The van der Waals surface area contributed by atoms with Crippen LogP contribution in [0.1, 0.15) is 13.9 Å². The summed E-state index contributed by atoms with van der Waals surface area (Å²) in [4.78, 5) is 11.0. The van der Waals surface area contributed by atoms with Crippen LogP contribution in [0, 0.1) is 0 Å². The molecule has 0 unspecified atom stereocenters. The van der Waals surface area contributed by atoms with Crippen LogP contribution < -0.4 is 5.73 Å². The van der Waals surface area contributed by atoms with E-state index < -0.39 is 6.02 Å². The van der Waals surface area contributed by atoms with Gasteiger partial charge in [0.25, 0.3) is 0 Å². The van der Waals surface area contributed by atoms with E-state index in [4.69, 9.17) is 7.10 Å². The molecule has 1 aromatic rings. The Balaban J connectivity index is 2.75. The van der Waals surface area contributed by atoms with Gasteiger partial charge < -0.3 is 5.73 Å². The van der Waals surface area contributed by atoms with Gasteiger partial charge in [0, 0.05) is 0 Å². The van der Waals surface area contributed by atoms with Gasteiger partial charge in [0.1, 0.15) is 5.78 Å². The van der Waals surface area contributed by atoms with E-state index in [0.29, 0.717) is 0 Å². The Hall–Kier alpha value is -1.15. The molecule has 0 fully saturated rings. The first-order chi connectivity index (χ1) is 6.02. The molecule has 12 heavy (non-hydrogen) atoms. The highest BCUT2D eigenvalue weighted by Crippen LogP contribution is 2.01. The van der Waals surface area contributed by atoms with E-state index in [9.17, 15) is 4.79 Å². The monoisotopic (exact) mass is 164 g/mol. The van der Waals surface area contributed by atoms with Gasteiger partial charge in [-0.1, -0.05) is 30.3 Å². The Labute approximate surface area is 73.8 Å². The molecule has 2 heteroatoms. The second-order valence-electron chi connectivity index (χ2n) is 2.74. The highest BCUT2D eigenvalue weighted by Gasteiger charge is 2.07. The minimum Gasteiger partial charge on any atom is -0.321 e. The van der Waals surface area contributed by atoms with Crippen LogP contribution in [-0.4, -0.2) is 11.8 Å². The summed E-state index contributed by atoms with van der Waals surface area (Å²) in [7, 11) is 0. The fourth-order valence-electron chi connectivity index (χ4n) is 0.940. The summed E-state index contributed by atoms with van der Waals surface area (Å²) in [6, 6.07) is 7.86. The lowest BCUT2D eigenvalue weighted by Crippen LogP contribution is -2.30. The normalized spacial score (nSPS) is 16.3. The second-order valence-corrected chi connectivity index (χ2v) is 2.74. The molecule has 1 atom stereocenters. The van der Waals surface area contributed by atoms with Gasteiger partial charge in [-0.3, -0.25) is 4.79 Å². The Morgan fingerprint density at radius 2 is 2.17 bits per heavy atom. The van der Waals surface area contributed by atoms with Crippen molar-refractivity contribution in [2.75, 3.05) is 0 Å². The molecule has 0 saturated carbocycles. The average Bonchev–Trinajstić information content (AvgIpc) is 2.05. The molecule has 2 nitrogen and oxygen atoms in total. The van der Waals surface area contributed by atoms with Crippen LogP contribution in [0.4, 0.5) is 0 Å². The van der Waals surface area contributed by atoms with E-state index in [0.717, 1.165) is 5.56 Å². The average molecular weight is 164 g/mol. The van der Waals surface area contributed by atoms with Crippen molar-refractivity contribution in [2.24, 2.45) is 5.73 Å². The van der Waals surface area contributed by atoms with E-state index in [1.807, 2.05) is 30.3 Å². The van der Waals surface area contributed by atoms with E-state index >= 15 is 0 Å². The van der Waals surface area contributed by atoms with Gasteiger partial charge in [-0.05, 0) is 18.9 Å². The van der Waals surface area contributed by atoms with Crippen LogP contribution in [0.15, 0.2) is 30.3 Å². The molecule has 0 radical (unpaired) electrons. The number of nitrogens with two attached hydrogens (primary N) is 1. The number of carbonyl (C=O) groups excluding carboxylic acids is 1. The Kier molecular flexibility index (Phi) is 2.51. The summed E-state index contributed by atoms with van der Waals surface area (Å²) in [5.41, 5.74) is 6.42. The lowest BCUT2D eigenvalue weighted by Gasteiger charge is -2.06. The zero-order chi connectivity index (χ0) is 9.90. The van der Waals surface area contributed by atoms with Crippen LogP contribution in [0.5, 0.6) is 0 Å². The van der Waals surface area contributed by atoms with Crippen LogP contribution in [0.3, 0.4) is 0 Å². The molecular formula is C10H13NO. The zero-order valence-corrected chi connectivity index (χ0v) is 7.08. The van der Waals surface area contributed by atoms with Gasteiger partial charge in [0.15, 0.2) is 0 Å². The third-order valence-electron chi connectivity index (χ3n) is 1.69. The van der Waals surface area contributed by atoms with Gasteiger partial charge in [-0.2, -0.15) is 0 Å². The van der Waals surface area contributed by atoms with Gasteiger partial charge in [0.05, 0.1) is 7.39 Å². The maximum atomic E-state index is 11.0. The van der Waals surface area contributed by atoms with Gasteiger partial charge in [0.2, 0.25) is 0 Å². The highest BCUT2D eigenvalue weighted by molar-refractivity contribution is 5.81. The Bertz CT molecular complexity index is 295. The maximum Gasteiger partial charge on any atom is 0.146 e. The molecule has 64 valence electrons. The topological polar surface area (TPSA) is 43.1 Å². The summed E-state index contributed by atoms with van der Waals surface area (Å²) in [5, 5.41) is 0. The molecule has 0 aliphatic rings. The smallest absolute Gasteiger partial charge is 0.146 e. The number of carbonyl (C=O) groups is 1. The molecule has 2 N–H and O–H groups in total. The fourth-order valence-corrected chi connectivity index (χ4v) is 0.940. The second kappa shape index (κ2) is 4.02. The molecule has 0 aliphatic carbocycles. The molecule has 0 aromatic heterocycles. The predicted molar refractivity (Wildman–Crippen MR) is 48.8 cm³/mol.